The molecule has 5 rings (SSSR count). The number of fused-ring (bicyclic) bond motifs is 5. The molecule has 29 heavy (non-hydrogen) atoms. The molecular formula is C27H42N2. The molecule has 2 heteroatoms. The molecule has 0 amide bonds. The molecule has 4 saturated carbocycles. The van der Waals surface area contributed by atoms with E-state index in [1.54, 1.807) is 19.3 Å². The van der Waals surface area contributed by atoms with Crippen LogP contribution < -0.4 is 0 Å². The van der Waals surface area contributed by atoms with Crippen LogP contribution in [-0.4, -0.2) is 9.97 Å². The Kier molecular flexibility index (Phi) is 5.28. The van der Waals surface area contributed by atoms with E-state index in [0.717, 1.165) is 59.5 Å². The first-order chi connectivity index (χ1) is 14.0. The van der Waals surface area contributed by atoms with E-state index >= 15 is 0 Å². The second-order valence-corrected chi connectivity index (χ2v) is 11.9. The van der Waals surface area contributed by atoms with Crippen LogP contribution in [0.4, 0.5) is 0 Å². The topological polar surface area (TPSA) is 25.8 Å². The van der Waals surface area contributed by atoms with Gasteiger partial charge in [-0.25, -0.2) is 0 Å². The van der Waals surface area contributed by atoms with Crippen LogP contribution in [0, 0.1) is 59.7 Å². The van der Waals surface area contributed by atoms with Crippen LogP contribution in [0.2, 0.25) is 0 Å². The molecule has 9 atom stereocenters. The molecular weight excluding hydrogens is 352 g/mol. The summed E-state index contributed by atoms with van der Waals surface area (Å²) in [6.07, 6.45) is 18.6. The van der Waals surface area contributed by atoms with Gasteiger partial charge >= 0.3 is 0 Å². The van der Waals surface area contributed by atoms with E-state index in [0.29, 0.717) is 5.41 Å². The maximum absolute atomic E-state index is 4.77. The first-order valence-corrected chi connectivity index (χ1v) is 12.7. The van der Waals surface area contributed by atoms with Crippen molar-refractivity contribution in [1.82, 2.24) is 9.97 Å². The molecule has 0 radical (unpaired) electrons. The maximum Gasteiger partial charge on any atom is 0.0592 e. The van der Waals surface area contributed by atoms with E-state index in [2.05, 4.69) is 32.7 Å². The normalized spacial score (nSPS) is 45.2. The minimum Gasteiger partial charge on any atom is -0.261 e. The number of hydrogen-bond donors (Lipinski definition) is 0. The van der Waals surface area contributed by atoms with Gasteiger partial charge in [-0.05, 0) is 117 Å². The van der Waals surface area contributed by atoms with E-state index in [1.807, 2.05) is 12.4 Å². The van der Waals surface area contributed by atoms with Gasteiger partial charge in [-0.15, -0.1) is 0 Å². The summed E-state index contributed by atoms with van der Waals surface area (Å²) in [5, 5.41) is 0. The number of aromatic nitrogens is 2. The molecule has 0 spiro atoms. The third kappa shape index (κ3) is 3.47. The Morgan fingerprint density at radius 3 is 2.66 bits per heavy atom. The van der Waals surface area contributed by atoms with Gasteiger partial charge in [0, 0.05) is 12.4 Å². The molecule has 0 bridgehead atoms. The van der Waals surface area contributed by atoms with Gasteiger partial charge in [-0.3, -0.25) is 9.97 Å². The van der Waals surface area contributed by atoms with Gasteiger partial charge in [0.1, 0.15) is 0 Å². The minimum absolute atomic E-state index is 0.576. The van der Waals surface area contributed by atoms with Crippen molar-refractivity contribution >= 4 is 0 Å². The summed E-state index contributed by atoms with van der Waals surface area (Å²) in [6.45, 7) is 9.77. The summed E-state index contributed by atoms with van der Waals surface area (Å²) < 4.78 is 0. The van der Waals surface area contributed by atoms with Crippen LogP contribution in [0.5, 0.6) is 0 Å². The highest BCUT2D eigenvalue weighted by molar-refractivity contribution is 5.09. The van der Waals surface area contributed by atoms with Gasteiger partial charge in [0.05, 0.1) is 11.4 Å². The molecule has 3 unspecified atom stereocenters. The zero-order valence-corrected chi connectivity index (χ0v) is 19.2. The fraction of sp³-hybridized carbons (Fsp3) is 0.852. The number of nitrogens with zero attached hydrogens (tertiary/aromatic N) is 2. The highest BCUT2D eigenvalue weighted by atomic mass is 14.8. The summed E-state index contributed by atoms with van der Waals surface area (Å²) >= 11 is 0. The zero-order chi connectivity index (χ0) is 20.2. The van der Waals surface area contributed by atoms with Crippen molar-refractivity contribution < 1.29 is 0 Å². The lowest BCUT2D eigenvalue weighted by Crippen LogP contribution is -2.49. The smallest absolute Gasteiger partial charge is 0.0592 e. The number of aryl methyl sites for hydroxylation is 1. The van der Waals surface area contributed by atoms with Gasteiger partial charge < -0.3 is 0 Å². The molecule has 1 aromatic heterocycles. The Balaban J connectivity index is 1.31. The summed E-state index contributed by atoms with van der Waals surface area (Å²) in [4.78, 5) is 9.16. The highest BCUT2D eigenvalue weighted by Gasteiger charge is 2.57. The number of rotatable bonds is 3. The van der Waals surface area contributed by atoms with Crippen molar-refractivity contribution in [2.24, 2.45) is 52.8 Å². The van der Waals surface area contributed by atoms with Crippen molar-refractivity contribution in [3.05, 3.63) is 23.8 Å². The second kappa shape index (κ2) is 7.65. The zero-order valence-electron chi connectivity index (χ0n) is 19.2. The van der Waals surface area contributed by atoms with Gasteiger partial charge in [0.2, 0.25) is 0 Å². The van der Waals surface area contributed by atoms with E-state index in [-0.39, 0.29) is 0 Å². The fourth-order valence-electron chi connectivity index (χ4n) is 9.15. The van der Waals surface area contributed by atoms with Crippen LogP contribution in [0.1, 0.15) is 89.9 Å². The Morgan fingerprint density at radius 1 is 1.00 bits per heavy atom. The molecule has 0 saturated heterocycles. The Labute approximate surface area is 178 Å². The highest BCUT2D eigenvalue weighted by Crippen LogP contribution is 2.65. The van der Waals surface area contributed by atoms with Gasteiger partial charge in [-0.1, -0.05) is 27.2 Å². The molecule has 1 aromatic rings. The van der Waals surface area contributed by atoms with E-state index < -0.39 is 0 Å². The molecule has 4 fully saturated rings. The van der Waals surface area contributed by atoms with Crippen LogP contribution in [0.3, 0.4) is 0 Å². The molecule has 0 aliphatic heterocycles. The largest absolute Gasteiger partial charge is 0.261 e. The molecule has 160 valence electrons. The van der Waals surface area contributed by atoms with Gasteiger partial charge in [0.15, 0.2) is 0 Å². The quantitative estimate of drug-likeness (QED) is 0.559. The van der Waals surface area contributed by atoms with Crippen molar-refractivity contribution in [1.29, 1.82) is 0 Å². The van der Waals surface area contributed by atoms with E-state index in [9.17, 15) is 0 Å². The second-order valence-electron chi connectivity index (χ2n) is 11.9. The Bertz CT molecular complexity index is 729. The molecule has 0 N–H and O–H groups in total. The van der Waals surface area contributed by atoms with Crippen LogP contribution in [0.15, 0.2) is 12.4 Å². The third-order valence-electron chi connectivity index (χ3n) is 10.3. The summed E-state index contributed by atoms with van der Waals surface area (Å²) in [7, 11) is 0. The van der Waals surface area contributed by atoms with Crippen LogP contribution in [0.25, 0.3) is 0 Å². The lowest BCUT2D eigenvalue weighted by Gasteiger charge is -2.56. The summed E-state index contributed by atoms with van der Waals surface area (Å²) in [6, 6.07) is 0. The van der Waals surface area contributed by atoms with Crippen molar-refractivity contribution in [3.8, 4) is 0 Å². The van der Waals surface area contributed by atoms with E-state index in [4.69, 9.17) is 4.98 Å². The van der Waals surface area contributed by atoms with E-state index in [1.165, 1.54) is 44.2 Å². The Hall–Kier alpha value is -0.920. The molecule has 1 heterocycles. The Morgan fingerprint density at radius 2 is 1.83 bits per heavy atom. The first kappa shape index (κ1) is 20.0. The SMILES string of the molecule is Cc1cncc(C[C@H](C)C2CCC3[C@@H]4CC[C@@H]5C[C@@H](C)CC[C@@H]5C4CC[C@@]32C)n1. The third-order valence-corrected chi connectivity index (χ3v) is 10.3. The molecule has 4 aliphatic carbocycles. The fourth-order valence-corrected chi connectivity index (χ4v) is 9.15. The standard InChI is InChI=1S/C27H42N2/c1-17-5-7-22-20(13-17)6-8-24-23(22)11-12-27(4)25(9-10-26(24)27)18(2)14-21-16-28-15-19(3)29-21/h15-18,20,22-26H,5-14H2,1-4H3/t17-,18-,20+,22-,23?,24+,25?,26?,27+/m0/s1. The van der Waals surface area contributed by atoms with Crippen molar-refractivity contribution in [3.63, 3.8) is 0 Å². The molecule has 4 aliphatic rings. The monoisotopic (exact) mass is 394 g/mol. The van der Waals surface area contributed by atoms with Crippen LogP contribution >= 0.6 is 0 Å². The van der Waals surface area contributed by atoms with Gasteiger partial charge in [0.25, 0.3) is 0 Å². The predicted molar refractivity (Wildman–Crippen MR) is 119 cm³/mol. The molecule has 0 aromatic carbocycles. The van der Waals surface area contributed by atoms with Crippen molar-refractivity contribution in [2.75, 3.05) is 0 Å². The number of hydrogen-bond acceptors (Lipinski definition) is 2. The van der Waals surface area contributed by atoms with Gasteiger partial charge in [-0.2, -0.15) is 0 Å². The average Bonchev–Trinajstić information content (AvgIpc) is 3.05. The lowest BCUT2D eigenvalue weighted by atomic mass is 9.48. The lowest BCUT2D eigenvalue weighted by molar-refractivity contribution is -0.0728. The molecule has 2 nitrogen and oxygen atoms in total. The first-order valence-electron chi connectivity index (χ1n) is 12.7. The van der Waals surface area contributed by atoms with Crippen LogP contribution in [-0.2, 0) is 6.42 Å². The summed E-state index contributed by atoms with van der Waals surface area (Å²) in [5.74, 6) is 7.84. The van der Waals surface area contributed by atoms with Crippen molar-refractivity contribution in [2.45, 2.75) is 91.9 Å². The maximum atomic E-state index is 4.77. The minimum atomic E-state index is 0.576. The summed E-state index contributed by atoms with van der Waals surface area (Å²) in [5.41, 5.74) is 2.84. The predicted octanol–water partition coefficient (Wildman–Crippen LogP) is 6.87. The average molecular weight is 395 g/mol.